The normalized spacial score (nSPS) is 17.7. The van der Waals surface area contributed by atoms with E-state index in [-0.39, 0.29) is 5.91 Å². The van der Waals surface area contributed by atoms with Crippen molar-refractivity contribution in [2.45, 2.75) is 12.8 Å². The Hall–Kier alpha value is -1.84. The highest BCUT2D eigenvalue weighted by Gasteiger charge is 2.34. The van der Waals surface area contributed by atoms with E-state index in [2.05, 4.69) is 0 Å². The quantitative estimate of drug-likeness (QED) is 0.914. The van der Waals surface area contributed by atoms with Crippen LogP contribution in [0.3, 0.4) is 0 Å². The molecule has 0 saturated heterocycles. The average Bonchev–Trinajstić information content (AvgIpc) is 2.67. The Bertz CT molecular complexity index is 624. The van der Waals surface area contributed by atoms with Gasteiger partial charge in [0, 0.05) is 22.7 Å². The third-order valence-electron chi connectivity index (χ3n) is 3.29. The summed E-state index contributed by atoms with van der Waals surface area (Å²) in [6.45, 7) is 0.367. The van der Waals surface area contributed by atoms with Crippen LogP contribution in [0.4, 0.5) is 0 Å². The van der Waals surface area contributed by atoms with E-state index in [4.69, 9.17) is 11.6 Å². The van der Waals surface area contributed by atoms with E-state index >= 15 is 0 Å². The van der Waals surface area contributed by atoms with E-state index in [1.54, 1.807) is 30.3 Å². The van der Waals surface area contributed by atoms with Gasteiger partial charge in [-0.25, -0.2) is 0 Å². The number of aliphatic hydroxyl groups excluding tert-OH is 1. The Morgan fingerprint density at radius 1 is 1.11 bits per heavy atom. The number of aliphatic hydroxyl groups is 1. The molecule has 2 aromatic carbocycles. The van der Waals surface area contributed by atoms with Gasteiger partial charge in [-0.1, -0.05) is 41.9 Å². The summed E-state index contributed by atoms with van der Waals surface area (Å²) in [7, 11) is 0. The van der Waals surface area contributed by atoms with Crippen LogP contribution in [0.1, 0.15) is 27.7 Å². The van der Waals surface area contributed by atoms with Gasteiger partial charge < -0.3 is 10.0 Å². The van der Waals surface area contributed by atoms with Crippen LogP contribution in [-0.2, 0) is 6.54 Å². The van der Waals surface area contributed by atoms with Gasteiger partial charge in [-0.2, -0.15) is 0 Å². The third kappa shape index (κ3) is 2.11. The number of halogens is 1. The maximum atomic E-state index is 12.2. The lowest BCUT2D eigenvalue weighted by molar-refractivity contribution is 0.0137. The Kier molecular flexibility index (Phi) is 3.01. The molecule has 0 spiro atoms. The Balaban J connectivity index is 1.88. The van der Waals surface area contributed by atoms with Crippen LogP contribution in [-0.4, -0.2) is 15.9 Å². The largest absolute Gasteiger partial charge is 0.369 e. The molecule has 0 fully saturated rings. The standard InChI is InChI=1S/C15H12ClNO2/c16-11-7-5-10(6-8-11)9-17-14(18)12-3-1-2-4-13(12)15(17)19/h1-8,14,18H,9H2. The topological polar surface area (TPSA) is 40.5 Å². The first-order valence-corrected chi connectivity index (χ1v) is 6.37. The smallest absolute Gasteiger partial charge is 0.256 e. The van der Waals surface area contributed by atoms with Crippen molar-refractivity contribution < 1.29 is 9.90 Å². The van der Waals surface area contributed by atoms with Crippen LogP contribution in [0.25, 0.3) is 0 Å². The average molecular weight is 274 g/mol. The highest BCUT2D eigenvalue weighted by atomic mass is 35.5. The monoisotopic (exact) mass is 273 g/mol. The molecule has 0 aromatic heterocycles. The molecule has 1 unspecified atom stereocenters. The van der Waals surface area contributed by atoms with Crippen LogP contribution in [0, 0.1) is 0 Å². The summed E-state index contributed by atoms with van der Waals surface area (Å²) in [4.78, 5) is 13.7. The summed E-state index contributed by atoms with van der Waals surface area (Å²) < 4.78 is 0. The minimum Gasteiger partial charge on any atom is -0.369 e. The number of fused-ring (bicyclic) bond motifs is 1. The Morgan fingerprint density at radius 3 is 2.47 bits per heavy atom. The van der Waals surface area contributed by atoms with E-state index in [1.165, 1.54) is 4.90 Å². The lowest BCUT2D eigenvalue weighted by atomic mass is 10.1. The van der Waals surface area contributed by atoms with Gasteiger partial charge in [0.25, 0.3) is 5.91 Å². The van der Waals surface area contributed by atoms with Crippen molar-refractivity contribution in [3.63, 3.8) is 0 Å². The number of amides is 1. The van der Waals surface area contributed by atoms with Gasteiger partial charge in [-0.05, 0) is 23.8 Å². The molecular formula is C15H12ClNO2. The summed E-state index contributed by atoms with van der Waals surface area (Å²) in [5, 5.41) is 10.9. The summed E-state index contributed by atoms with van der Waals surface area (Å²) in [5.41, 5.74) is 2.18. The summed E-state index contributed by atoms with van der Waals surface area (Å²) >= 11 is 5.83. The van der Waals surface area contributed by atoms with Crippen molar-refractivity contribution in [2.75, 3.05) is 0 Å². The minimum absolute atomic E-state index is 0.141. The lowest BCUT2D eigenvalue weighted by Gasteiger charge is -2.20. The number of rotatable bonds is 2. The van der Waals surface area contributed by atoms with Crippen molar-refractivity contribution in [2.24, 2.45) is 0 Å². The zero-order valence-electron chi connectivity index (χ0n) is 10.1. The molecule has 0 bridgehead atoms. The molecule has 2 aromatic rings. The number of carbonyl (C=O) groups is 1. The van der Waals surface area contributed by atoms with Gasteiger partial charge in [-0.3, -0.25) is 4.79 Å². The molecule has 4 heteroatoms. The number of nitrogens with zero attached hydrogens (tertiary/aromatic N) is 1. The molecule has 1 N–H and O–H groups in total. The maximum absolute atomic E-state index is 12.2. The maximum Gasteiger partial charge on any atom is 0.256 e. The highest BCUT2D eigenvalue weighted by molar-refractivity contribution is 6.30. The van der Waals surface area contributed by atoms with Gasteiger partial charge >= 0.3 is 0 Å². The van der Waals surface area contributed by atoms with Crippen LogP contribution >= 0.6 is 11.6 Å². The fraction of sp³-hybridized carbons (Fsp3) is 0.133. The van der Waals surface area contributed by atoms with Crippen molar-refractivity contribution in [1.82, 2.24) is 4.90 Å². The minimum atomic E-state index is -0.876. The molecule has 0 saturated carbocycles. The second-order valence-corrected chi connectivity index (χ2v) is 4.96. The predicted molar refractivity (Wildman–Crippen MR) is 72.7 cm³/mol. The zero-order chi connectivity index (χ0) is 13.4. The molecule has 96 valence electrons. The molecule has 19 heavy (non-hydrogen) atoms. The molecule has 0 radical (unpaired) electrons. The van der Waals surface area contributed by atoms with E-state index in [1.807, 2.05) is 18.2 Å². The van der Waals surface area contributed by atoms with Crippen LogP contribution in [0.5, 0.6) is 0 Å². The van der Waals surface area contributed by atoms with E-state index < -0.39 is 6.23 Å². The van der Waals surface area contributed by atoms with Gasteiger partial charge in [0.05, 0.1) is 0 Å². The molecular weight excluding hydrogens is 262 g/mol. The molecule has 3 nitrogen and oxygen atoms in total. The zero-order valence-corrected chi connectivity index (χ0v) is 10.8. The Morgan fingerprint density at radius 2 is 1.79 bits per heavy atom. The summed E-state index contributed by atoms with van der Waals surface area (Å²) in [5.74, 6) is -0.141. The van der Waals surface area contributed by atoms with Gasteiger partial charge in [0.1, 0.15) is 0 Å². The van der Waals surface area contributed by atoms with Crippen molar-refractivity contribution in [1.29, 1.82) is 0 Å². The van der Waals surface area contributed by atoms with Crippen LogP contribution < -0.4 is 0 Å². The molecule has 1 aliphatic rings. The molecule has 1 amide bonds. The predicted octanol–water partition coefficient (Wildman–Crippen LogP) is 2.99. The van der Waals surface area contributed by atoms with Gasteiger partial charge in [-0.15, -0.1) is 0 Å². The Labute approximate surface area is 116 Å². The first-order chi connectivity index (χ1) is 9.16. The summed E-state index contributed by atoms with van der Waals surface area (Å²) in [6, 6.07) is 14.4. The van der Waals surface area contributed by atoms with Crippen molar-refractivity contribution in [3.8, 4) is 0 Å². The fourth-order valence-corrected chi connectivity index (χ4v) is 2.42. The molecule has 3 rings (SSSR count). The van der Waals surface area contributed by atoms with E-state index in [9.17, 15) is 9.90 Å². The van der Waals surface area contributed by atoms with Crippen LogP contribution in [0.15, 0.2) is 48.5 Å². The van der Waals surface area contributed by atoms with E-state index in [0.29, 0.717) is 22.7 Å². The number of hydrogen-bond donors (Lipinski definition) is 1. The number of benzene rings is 2. The highest BCUT2D eigenvalue weighted by Crippen LogP contribution is 2.32. The summed E-state index contributed by atoms with van der Waals surface area (Å²) in [6.07, 6.45) is -0.876. The SMILES string of the molecule is O=C1c2ccccc2C(O)N1Cc1ccc(Cl)cc1. The fourth-order valence-electron chi connectivity index (χ4n) is 2.30. The second kappa shape index (κ2) is 4.68. The second-order valence-electron chi connectivity index (χ2n) is 4.52. The number of carbonyl (C=O) groups excluding carboxylic acids is 1. The number of hydrogen-bond acceptors (Lipinski definition) is 2. The molecule has 1 aliphatic heterocycles. The van der Waals surface area contributed by atoms with Gasteiger partial charge in [0.15, 0.2) is 6.23 Å². The van der Waals surface area contributed by atoms with Crippen molar-refractivity contribution >= 4 is 17.5 Å². The molecule has 0 aliphatic carbocycles. The third-order valence-corrected chi connectivity index (χ3v) is 3.54. The van der Waals surface area contributed by atoms with Crippen LogP contribution in [0.2, 0.25) is 5.02 Å². The van der Waals surface area contributed by atoms with Crippen molar-refractivity contribution in [3.05, 3.63) is 70.2 Å². The molecule has 1 atom stereocenters. The van der Waals surface area contributed by atoms with E-state index in [0.717, 1.165) is 5.56 Å². The first-order valence-electron chi connectivity index (χ1n) is 5.99. The first kappa shape index (κ1) is 12.2. The lowest BCUT2D eigenvalue weighted by Crippen LogP contribution is -2.27. The van der Waals surface area contributed by atoms with Gasteiger partial charge in [0.2, 0.25) is 0 Å². The molecule has 1 heterocycles.